The monoisotopic (exact) mass is 406 g/mol. The number of benzene rings is 2. The molecule has 0 heterocycles. The van der Waals surface area contributed by atoms with Crippen molar-refractivity contribution in [2.24, 2.45) is 0 Å². The number of carbonyl (C=O) groups excluding carboxylic acids is 2. The van der Waals surface area contributed by atoms with Gasteiger partial charge in [-0.05, 0) is 42.0 Å². The number of hydrogen-bond donors (Lipinski definition) is 1. The minimum absolute atomic E-state index is 0.0188. The second-order valence-corrected chi connectivity index (χ2v) is 8.01. The molecule has 0 saturated carbocycles. The highest BCUT2D eigenvalue weighted by Crippen LogP contribution is 2.17. The van der Waals surface area contributed by atoms with Crippen LogP contribution in [0, 0.1) is 5.82 Å². The Labute approximate surface area is 162 Å². The van der Waals surface area contributed by atoms with E-state index in [9.17, 15) is 22.4 Å². The van der Waals surface area contributed by atoms with E-state index in [-0.39, 0.29) is 10.6 Å². The van der Waals surface area contributed by atoms with Crippen molar-refractivity contribution in [3.63, 3.8) is 0 Å². The summed E-state index contributed by atoms with van der Waals surface area (Å²) >= 11 is 0. The maximum absolute atomic E-state index is 13.1. The highest BCUT2D eigenvalue weighted by atomic mass is 32.2. The van der Waals surface area contributed by atoms with Crippen molar-refractivity contribution in [1.29, 1.82) is 0 Å². The van der Waals surface area contributed by atoms with Gasteiger partial charge in [0.2, 0.25) is 10.0 Å². The Hall–Kier alpha value is -3.04. The molecule has 0 radical (unpaired) electrons. The number of amides is 1. The lowest BCUT2D eigenvalue weighted by molar-refractivity contribution is -0.142. The quantitative estimate of drug-likeness (QED) is 0.563. The molecule has 2 aromatic rings. The van der Waals surface area contributed by atoms with Crippen LogP contribution in [0.5, 0.6) is 0 Å². The number of anilines is 1. The Morgan fingerprint density at radius 1 is 1.14 bits per heavy atom. The number of sulfonamides is 1. The zero-order valence-electron chi connectivity index (χ0n) is 15.3. The van der Waals surface area contributed by atoms with Crippen molar-refractivity contribution in [1.82, 2.24) is 4.31 Å². The predicted octanol–water partition coefficient (Wildman–Crippen LogP) is 2.27. The standard InChI is InChI=1S/C19H19FN2O5S/c1-22(2)28(25,26)17-8-4-7-16(12-17)21-18(23)13-27-19(24)10-9-14-5-3-6-15(20)11-14/h3-12H,13H2,1-2H3,(H,21,23). The summed E-state index contributed by atoms with van der Waals surface area (Å²) in [5.41, 5.74) is 0.722. The van der Waals surface area contributed by atoms with E-state index in [1.807, 2.05) is 0 Å². The summed E-state index contributed by atoms with van der Waals surface area (Å²) in [4.78, 5) is 23.6. The van der Waals surface area contributed by atoms with Crippen LogP contribution in [0.1, 0.15) is 5.56 Å². The van der Waals surface area contributed by atoms with Crippen LogP contribution in [0.15, 0.2) is 59.5 Å². The second kappa shape index (κ2) is 9.25. The summed E-state index contributed by atoms with van der Waals surface area (Å²) in [6.45, 7) is -0.559. The van der Waals surface area contributed by atoms with Crippen molar-refractivity contribution in [2.45, 2.75) is 4.90 Å². The SMILES string of the molecule is CN(C)S(=O)(=O)c1cccc(NC(=O)COC(=O)C=Cc2cccc(F)c2)c1. The fourth-order valence-electron chi connectivity index (χ4n) is 2.10. The van der Waals surface area contributed by atoms with Gasteiger partial charge >= 0.3 is 5.97 Å². The van der Waals surface area contributed by atoms with Crippen LogP contribution < -0.4 is 5.32 Å². The molecule has 0 aromatic heterocycles. The highest BCUT2D eigenvalue weighted by Gasteiger charge is 2.17. The molecule has 148 valence electrons. The topological polar surface area (TPSA) is 92.8 Å². The van der Waals surface area contributed by atoms with E-state index in [0.29, 0.717) is 5.56 Å². The summed E-state index contributed by atoms with van der Waals surface area (Å²) in [6.07, 6.45) is 2.44. The third-order valence-corrected chi connectivity index (χ3v) is 5.31. The molecule has 2 aromatic carbocycles. The molecule has 9 heteroatoms. The number of halogens is 1. The van der Waals surface area contributed by atoms with Crippen LogP contribution in [0.2, 0.25) is 0 Å². The molecule has 0 saturated heterocycles. The Bertz CT molecular complexity index is 1000. The molecule has 0 atom stereocenters. The fourth-order valence-corrected chi connectivity index (χ4v) is 3.05. The number of esters is 1. The Morgan fingerprint density at radius 3 is 2.54 bits per heavy atom. The smallest absolute Gasteiger partial charge is 0.331 e. The molecular formula is C19H19FN2O5S. The first kappa shape index (κ1) is 21.3. The minimum atomic E-state index is -3.64. The Balaban J connectivity index is 1.91. The maximum Gasteiger partial charge on any atom is 0.331 e. The van der Waals surface area contributed by atoms with Crippen molar-refractivity contribution in [3.05, 3.63) is 66.0 Å². The van der Waals surface area contributed by atoms with E-state index < -0.39 is 34.3 Å². The first-order chi connectivity index (χ1) is 13.2. The molecular weight excluding hydrogens is 387 g/mol. The van der Waals surface area contributed by atoms with Gasteiger partial charge in [-0.1, -0.05) is 18.2 Å². The molecule has 0 unspecified atom stereocenters. The molecule has 1 amide bonds. The molecule has 7 nitrogen and oxygen atoms in total. The van der Waals surface area contributed by atoms with E-state index in [1.54, 1.807) is 6.07 Å². The molecule has 0 aliphatic rings. The maximum atomic E-state index is 13.1. The predicted molar refractivity (Wildman–Crippen MR) is 102 cm³/mol. The lowest BCUT2D eigenvalue weighted by Gasteiger charge is -2.12. The number of hydrogen-bond acceptors (Lipinski definition) is 5. The zero-order valence-corrected chi connectivity index (χ0v) is 16.1. The minimum Gasteiger partial charge on any atom is -0.452 e. The van der Waals surface area contributed by atoms with Gasteiger partial charge in [-0.2, -0.15) is 0 Å². The highest BCUT2D eigenvalue weighted by molar-refractivity contribution is 7.89. The molecule has 28 heavy (non-hydrogen) atoms. The first-order valence-corrected chi connectivity index (χ1v) is 9.55. The van der Waals surface area contributed by atoms with E-state index in [0.717, 1.165) is 10.4 Å². The molecule has 0 spiro atoms. The average Bonchev–Trinajstić information content (AvgIpc) is 2.65. The van der Waals surface area contributed by atoms with Gasteiger partial charge in [-0.3, -0.25) is 4.79 Å². The molecule has 0 fully saturated rings. The van der Waals surface area contributed by atoms with Gasteiger partial charge < -0.3 is 10.1 Å². The summed E-state index contributed by atoms with van der Waals surface area (Å²) in [5, 5.41) is 2.46. The molecule has 0 aliphatic heterocycles. The Kier molecular flexibility index (Phi) is 7.02. The third kappa shape index (κ3) is 6.00. The van der Waals surface area contributed by atoms with Gasteiger partial charge in [0.05, 0.1) is 4.90 Å². The van der Waals surface area contributed by atoms with Gasteiger partial charge in [-0.15, -0.1) is 0 Å². The van der Waals surface area contributed by atoms with Crippen LogP contribution in [-0.2, 0) is 24.3 Å². The van der Waals surface area contributed by atoms with Crippen molar-refractivity contribution >= 4 is 33.7 Å². The van der Waals surface area contributed by atoms with Crippen LogP contribution in [0.3, 0.4) is 0 Å². The summed E-state index contributed by atoms with van der Waals surface area (Å²) in [7, 11) is -0.837. The van der Waals surface area contributed by atoms with Crippen LogP contribution in [0.4, 0.5) is 10.1 Å². The van der Waals surface area contributed by atoms with Crippen molar-refractivity contribution < 1.29 is 27.1 Å². The number of nitrogens with one attached hydrogen (secondary N) is 1. The zero-order chi connectivity index (χ0) is 20.7. The average molecular weight is 406 g/mol. The largest absolute Gasteiger partial charge is 0.452 e. The molecule has 2 rings (SSSR count). The van der Waals surface area contributed by atoms with Crippen LogP contribution >= 0.6 is 0 Å². The van der Waals surface area contributed by atoms with Crippen molar-refractivity contribution in [2.75, 3.05) is 26.0 Å². The lowest BCUT2D eigenvalue weighted by atomic mass is 10.2. The number of ether oxygens (including phenoxy) is 1. The summed E-state index contributed by atoms with van der Waals surface area (Å²) in [6, 6.07) is 11.3. The molecule has 0 aliphatic carbocycles. The van der Waals surface area contributed by atoms with Crippen LogP contribution in [0.25, 0.3) is 6.08 Å². The van der Waals surface area contributed by atoms with Gasteiger partial charge in [0.15, 0.2) is 6.61 Å². The number of carbonyl (C=O) groups is 2. The lowest BCUT2D eigenvalue weighted by Crippen LogP contribution is -2.23. The Morgan fingerprint density at radius 2 is 1.86 bits per heavy atom. The van der Waals surface area contributed by atoms with Gasteiger partial charge in [0.25, 0.3) is 5.91 Å². The van der Waals surface area contributed by atoms with E-state index in [4.69, 9.17) is 4.74 Å². The van der Waals surface area contributed by atoms with Gasteiger partial charge in [-0.25, -0.2) is 21.9 Å². The molecule has 1 N–H and O–H groups in total. The summed E-state index contributed by atoms with van der Waals surface area (Å²) < 4.78 is 43.1. The van der Waals surface area contributed by atoms with E-state index in [2.05, 4.69) is 5.32 Å². The normalized spacial score (nSPS) is 11.6. The molecule has 0 bridgehead atoms. The third-order valence-electron chi connectivity index (χ3n) is 3.50. The first-order valence-electron chi connectivity index (χ1n) is 8.11. The van der Waals surface area contributed by atoms with Gasteiger partial charge in [0.1, 0.15) is 5.82 Å². The van der Waals surface area contributed by atoms with Crippen molar-refractivity contribution in [3.8, 4) is 0 Å². The van der Waals surface area contributed by atoms with E-state index in [1.165, 1.54) is 62.6 Å². The van der Waals surface area contributed by atoms with E-state index >= 15 is 0 Å². The second-order valence-electron chi connectivity index (χ2n) is 5.86. The summed E-state index contributed by atoms with van der Waals surface area (Å²) in [5.74, 6) is -1.84. The number of rotatable bonds is 7. The fraction of sp³-hybridized carbons (Fsp3) is 0.158. The van der Waals surface area contributed by atoms with Crippen LogP contribution in [-0.4, -0.2) is 45.3 Å². The van der Waals surface area contributed by atoms with Gasteiger partial charge in [0, 0.05) is 25.9 Å². The number of nitrogens with zero attached hydrogens (tertiary/aromatic N) is 1.